The van der Waals surface area contributed by atoms with Gasteiger partial charge in [-0.25, -0.2) is 0 Å². The van der Waals surface area contributed by atoms with Gasteiger partial charge in [0.2, 0.25) is 0 Å². The first-order chi connectivity index (χ1) is 11.6. The third-order valence-corrected chi connectivity index (χ3v) is 3.93. The van der Waals surface area contributed by atoms with Gasteiger partial charge in [-0.1, -0.05) is 6.07 Å². The van der Waals surface area contributed by atoms with Gasteiger partial charge in [-0.3, -0.25) is 0 Å². The highest BCUT2D eigenvalue weighted by atomic mass is 32.2. The highest BCUT2D eigenvalue weighted by Crippen LogP contribution is 2.32. The van der Waals surface area contributed by atoms with Gasteiger partial charge >= 0.3 is 16.5 Å². The Kier molecular flexibility index (Phi) is 5.08. The third-order valence-electron chi connectivity index (χ3n) is 2.80. The summed E-state index contributed by atoms with van der Waals surface area (Å²) in [6, 6.07) is 9.84. The maximum atomic E-state index is 12.1. The molecule has 0 amide bonds. The molecule has 0 spiro atoms. The Bertz CT molecular complexity index is 902. The van der Waals surface area contributed by atoms with E-state index < -0.39 is 33.7 Å². The number of nitriles is 1. The lowest BCUT2D eigenvalue weighted by atomic mass is 10.2. The molecule has 0 unspecified atom stereocenters. The number of phenolic OH excluding ortho intramolecular Hbond substituents is 1. The molecular weight excluding hydrogens is 363 g/mol. The van der Waals surface area contributed by atoms with Gasteiger partial charge in [0, 0.05) is 0 Å². The van der Waals surface area contributed by atoms with Crippen molar-refractivity contribution in [3.05, 3.63) is 53.6 Å². The first-order valence-electron chi connectivity index (χ1n) is 6.58. The van der Waals surface area contributed by atoms with E-state index in [9.17, 15) is 26.7 Å². The number of aromatic hydroxyl groups is 1. The molecule has 0 bridgehead atoms. The summed E-state index contributed by atoms with van der Waals surface area (Å²) in [4.78, 5) is 0. The van der Waals surface area contributed by atoms with Crippen LogP contribution in [-0.2, 0) is 15.9 Å². The van der Waals surface area contributed by atoms with Crippen LogP contribution in [0.5, 0.6) is 17.2 Å². The highest BCUT2D eigenvalue weighted by molar-refractivity contribution is 7.86. The van der Waals surface area contributed by atoms with Crippen molar-refractivity contribution >= 4 is 10.1 Å². The van der Waals surface area contributed by atoms with Crippen LogP contribution in [0.2, 0.25) is 0 Å². The second-order valence-corrected chi connectivity index (χ2v) is 6.34. The molecule has 132 valence electrons. The van der Waals surface area contributed by atoms with Gasteiger partial charge in [-0.15, -0.1) is 13.2 Å². The number of benzene rings is 2. The van der Waals surface area contributed by atoms with E-state index >= 15 is 0 Å². The molecule has 0 aliphatic rings. The minimum absolute atomic E-state index is 0.000620. The van der Waals surface area contributed by atoms with Gasteiger partial charge in [0.1, 0.15) is 11.5 Å². The highest BCUT2D eigenvalue weighted by Gasteiger charge is 2.32. The summed E-state index contributed by atoms with van der Waals surface area (Å²) < 4.78 is 68.7. The van der Waals surface area contributed by atoms with E-state index in [2.05, 4.69) is 4.74 Å². The number of ether oxygens (including phenoxy) is 1. The lowest BCUT2D eigenvalue weighted by Crippen LogP contribution is -2.17. The number of hydrogen-bond acceptors (Lipinski definition) is 6. The number of halogens is 3. The Balaban J connectivity index is 2.12. The van der Waals surface area contributed by atoms with Crippen molar-refractivity contribution in [1.82, 2.24) is 0 Å². The second-order valence-electron chi connectivity index (χ2n) is 4.77. The van der Waals surface area contributed by atoms with Gasteiger partial charge in [0.25, 0.3) is 0 Å². The number of nitrogens with zero attached hydrogens (tertiary/aromatic N) is 1. The number of rotatable bonds is 5. The molecule has 0 radical (unpaired) electrons. The van der Waals surface area contributed by atoms with Crippen LogP contribution in [0.4, 0.5) is 13.2 Å². The SMILES string of the molecule is N#Cc1ccc(OS(=O)(=O)Cc2ccc(OC(F)(F)F)c(O)c2)cc1. The zero-order valence-corrected chi connectivity index (χ0v) is 13.1. The molecule has 1 N–H and O–H groups in total. The molecule has 0 heterocycles. The summed E-state index contributed by atoms with van der Waals surface area (Å²) in [7, 11) is -4.13. The van der Waals surface area contributed by atoms with Gasteiger partial charge < -0.3 is 14.0 Å². The van der Waals surface area contributed by atoms with Gasteiger partial charge in [-0.2, -0.15) is 13.7 Å². The first-order valence-corrected chi connectivity index (χ1v) is 8.16. The summed E-state index contributed by atoms with van der Waals surface area (Å²) in [6.45, 7) is 0. The minimum atomic E-state index is -4.98. The first kappa shape index (κ1) is 18.4. The summed E-state index contributed by atoms with van der Waals surface area (Å²) in [5.74, 6) is -2.42. The van der Waals surface area contributed by atoms with Crippen LogP contribution >= 0.6 is 0 Å². The summed E-state index contributed by atoms with van der Waals surface area (Å²) >= 11 is 0. The molecule has 0 aromatic heterocycles. The molecule has 2 rings (SSSR count). The molecule has 0 aliphatic carbocycles. The van der Waals surface area contributed by atoms with E-state index in [1.807, 2.05) is 6.07 Å². The van der Waals surface area contributed by atoms with Gasteiger partial charge in [0.05, 0.1) is 11.6 Å². The maximum absolute atomic E-state index is 12.1. The van der Waals surface area contributed by atoms with Gasteiger partial charge in [-0.05, 0) is 42.0 Å². The normalized spacial score (nSPS) is 11.6. The van der Waals surface area contributed by atoms with Crippen LogP contribution in [0.1, 0.15) is 11.1 Å². The van der Waals surface area contributed by atoms with E-state index in [1.54, 1.807) is 0 Å². The van der Waals surface area contributed by atoms with E-state index in [4.69, 9.17) is 9.44 Å². The third kappa shape index (κ3) is 5.58. The number of phenols is 1. The summed E-state index contributed by atoms with van der Waals surface area (Å²) in [5, 5.41) is 18.2. The fourth-order valence-corrected chi connectivity index (χ4v) is 2.88. The van der Waals surface area contributed by atoms with E-state index in [0.29, 0.717) is 5.56 Å². The predicted octanol–water partition coefficient (Wildman–Crippen LogP) is 3.07. The molecule has 0 atom stereocenters. The Labute approximate surface area is 140 Å². The summed E-state index contributed by atoms with van der Waals surface area (Å²) in [5.41, 5.74) is 0.315. The quantitative estimate of drug-likeness (QED) is 0.809. The molecule has 2 aromatic carbocycles. The minimum Gasteiger partial charge on any atom is -0.504 e. The lowest BCUT2D eigenvalue weighted by molar-refractivity contribution is -0.275. The Morgan fingerprint density at radius 3 is 2.28 bits per heavy atom. The zero-order valence-electron chi connectivity index (χ0n) is 12.3. The molecule has 0 saturated carbocycles. The van der Waals surface area contributed by atoms with Crippen molar-refractivity contribution in [2.75, 3.05) is 0 Å². The monoisotopic (exact) mass is 373 g/mol. The van der Waals surface area contributed by atoms with Crippen molar-refractivity contribution in [2.24, 2.45) is 0 Å². The van der Waals surface area contributed by atoms with Crippen LogP contribution < -0.4 is 8.92 Å². The van der Waals surface area contributed by atoms with Crippen LogP contribution in [0.15, 0.2) is 42.5 Å². The molecule has 6 nitrogen and oxygen atoms in total. The molecule has 10 heteroatoms. The average molecular weight is 373 g/mol. The standard InChI is InChI=1S/C15H10F3NO5S/c16-15(17,18)23-14-6-3-11(7-13(14)20)9-25(21,22)24-12-4-1-10(8-19)2-5-12/h1-7,20H,9H2. The van der Waals surface area contributed by atoms with Crippen LogP contribution in [0.3, 0.4) is 0 Å². The van der Waals surface area contributed by atoms with Crippen molar-refractivity contribution in [3.63, 3.8) is 0 Å². The smallest absolute Gasteiger partial charge is 0.504 e. The molecule has 25 heavy (non-hydrogen) atoms. The molecule has 0 aliphatic heterocycles. The number of hydrogen-bond donors (Lipinski definition) is 1. The fraction of sp³-hybridized carbons (Fsp3) is 0.133. The Hall–Kier alpha value is -2.93. The van der Waals surface area contributed by atoms with Crippen LogP contribution in [0.25, 0.3) is 0 Å². The largest absolute Gasteiger partial charge is 0.573 e. The maximum Gasteiger partial charge on any atom is 0.573 e. The topological polar surface area (TPSA) is 96.6 Å². The zero-order chi connectivity index (χ0) is 18.7. The van der Waals surface area contributed by atoms with Crippen molar-refractivity contribution in [1.29, 1.82) is 5.26 Å². The Morgan fingerprint density at radius 1 is 1.12 bits per heavy atom. The molecule has 0 fully saturated rings. The summed E-state index contributed by atoms with van der Waals surface area (Å²) in [6.07, 6.45) is -4.98. The molecule has 2 aromatic rings. The lowest BCUT2D eigenvalue weighted by Gasteiger charge is -2.11. The van der Waals surface area contributed by atoms with Crippen LogP contribution in [0, 0.1) is 11.3 Å². The molecular formula is C15H10F3NO5S. The Morgan fingerprint density at radius 2 is 1.76 bits per heavy atom. The number of alkyl halides is 3. The van der Waals surface area contributed by atoms with E-state index in [1.165, 1.54) is 24.3 Å². The molecule has 0 saturated heterocycles. The predicted molar refractivity (Wildman–Crippen MR) is 79.2 cm³/mol. The van der Waals surface area contributed by atoms with Crippen molar-refractivity contribution in [3.8, 4) is 23.3 Å². The van der Waals surface area contributed by atoms with Crippen molar-refractivity contribution in [2.45, 2.75) is 12.1 Å². The average Bonchev–Trinajstić information content (AvgIpc) is 2.49. The second kappa shape index (κ2) is 6.90. The fourth-order valence-electron chi connectivity index (χ4n) is 1.83. The van der Waals surface area contributed by atoms with Crippen LogP contribution in [-0.4, -0.2) is 19.9 Å². The van der Waals surface area contributed by atoms with Gasteiger partial charge in [0.15, 0.2) is 11.5 Å². The van der Waals surface area contributed by atoms with E-state index in [-0.39, 0.29) is 11.3 Å². The van der Waals surface area contributed by atoms with E-state index in [0.717, 1.165) is 18.2 Å². The van der Waals surface area contributed by atoms with Crippen molar-refractivity contribution < 1.29 is 35.6 Å².